The highest BCUT2D eigenvalue weighted by atomic mass is 31.2. The molecule has 0 amide bonds. The van der Waals surface area contributed by atoms with Crippen LogP contribution in [0.25, 0.3) is 0 Å². The van der Waals surface area contributed by atoms with Gasteiger partial charge in [-0.2, -0.15) is 0 Å². The van der Waals surface area contributed by atoms with Crippen LogP contribution in [0.3, 0.4) is 0 Å². The second-order valence-corrected chi connectivity index (χ2v) is 7.62. The first-order valence-electron chi connectivity index (χ1n) is 7.34. The van der Waals surface area contributed by atoms with Crippen LogP contribution in [-0.4, -0.2) is 26.2 Å². The maximum Gasteiger partial charge on any atom is 0.337 e. The van der Waals surface area contributed by atoms with E-state index >= 15 is 0 Å². The number of ketones is 1. The molecule has 0 unspecified atom stereocenters. The summed E-state index contributed by atoms with van der Waals surface area (Å²) in [5.74, 6) is 0.0873. The summed E-state index contributed by atoms with van der Waals surface area (Å²) in [6.07, 6.45) is 10.2. The summed E-state index contributed by atoms with van der Waals surface area (Å²) in [5, 5.41) is 0. The maximum absolute atomic E-state index is 12.3. The number of hydrogen-bond donors (Lipinski definition) is 0. The van der Waals surface area contributed by atoms with Crippen LogP contribution in [0.5, 0.6) is 0 Å². The molecule has 1 aliphatic carbocycles. The SMILES string of the molecule is COP(=O)(CC(=O)C1CCCCCCCCC1)OC. The lowest BCUT2D eigenvalue weighted by Crippen LogP contribution is -2.20. The Balaban J connectivity index is 2.53. The van der Waals surface area contributed by atoms with Gasteiger partial charge in [0, 0.05) is 20.1 Å². The molecule has 0 aliphatic heterocycles. The lowest BCUT2D eigenvalue weighted by Gasteiger charge is -2.19. The molecule has 0 heterocycles. The minimum atomic E-state index is -3.20. The molecular weight excluding hydrogens is 263 g/mol. The van der Waals surface area contributed by atoms with Crippen molar-refractivity contribution < 1.29 is 18.4 Å². The third-order valence-corrected chi connectivity index (χ3v) is 5.78. The fourth-order valence-electron chi connectivity index (χ4n) is 2.66. The Morgan fingerprint density at radius 3 is 1.79 bits per heavy atom. The summed E-state index contributed by atoms with van der Waals surface area (Å²) in [4.78, 5) is 12.3. The molecule has 0 aromatic carbocycles. The van der Waals surface area contributed by atoms with E-state index in [1.54, 1.807) is 0 Å². The van der Waals surface area contributed by atoms with Crippen molar-refractivity contribution in [1.29, 1.82) is 0 Å². The molecule has 0 atom stereocenters. The molecule has 1 fully saturated rings. The van der Waals surface area contributed by atoms with Crippen LogP contribution in [0.1, 0.15) is 57.8 Å². The van der Waals surface area contributed by atoms with Gasteiger partial charge in [-0.25, -0.2) is 0 Å². The van der Waals surface area contributed by atoms with Crippen molar-refractivity contribution in [2.75, 3.05) is 20.4 Å². The van der Waals surface area contributed by atoms with E-state index in [1.165, 1.54) is 46.3 Å². The van der Waals surface area contributed by atoms with Gasteiger partial charge in [0.1, 0.15) is 11.9 Å². The predicted molar refractivity (Wildman–Crippen MR) is 76.5 cm³/mol. The first kappa shape index (κ1) is 16.9. The molecule has 0 aromatic heterocycles. The van der Waals surface area contributed by atoms with Crippen molar-refractivity contribution in [2.24, 2.45) is 5.92 Å². The molecule has 0 bridgehead atoms. The second kappa shape index (κ2) is 8.89. The van der Waals surface area contributed by atoms with Crippen LogP contribution < -0.4 is 0 Å². The van der Waals surface area contributed by atoms with E-state index in [0.29, 0.717) is 0 Å². The predicted octanol–water partition coefficient (Wildman–Crippen LogP) is 4.18. The van der Waals surface area contributed by atoms with Crippen molar-refractivity contribution >= 4 is 13.4 Å². The van der Waals surface area contributed by atoms with Crippen LogP contribution in [-0.2, 0) is 18.4 Å². The molecule has 112 valence electrons. The van der Waals surface area contributed by atoms with E-state index in [4.69, 9.17) is 9.05 Å². The maximum atomic E-state index is 12.3. The molecular formula is C14H27O4P. The van der Waals surface area contributed by atoms with Gasteiger partial charge in [0.2, 0.25) is 0 Å². The fourth-order valence-corrected chi connectivity index (χ4v) is 3.70. The molecule has 1 rings (SSSR count). The Labute approximate surface area is 116 Å². The first-order valence-corrected chi connectivity index (χ1v) is 9.07. The summed E-state index contributed by atoms with van der Waals surface area (Å²) in [6, 6.07) is 0. The van der Waals surface area contributed by atoms with Gasteiger partial charge in [0.05, 0.1) is 0 Å². The molecule has 4 nitrogen and oxygen atoms in total. The van der Waals surface area contributed by atoms with Gasteiger partial charge < -0.3 is 9.05 Å². The Morgan fingerprint density at radius 1 is 0.947 bits per heavy atom. The van der Waals surface area contributed by atoms with E-state index in [-0.39, 0.29) is 17.9 Å². The summed E-state index contributed by atoms with van der Waals surface area (Å²) in [7, 11) is -0.522. The van der Waals surface area contributed by atoms with Gasteiger partial charge in [0.15, 0.2) is 0 Å². The van der Waals surface area contributed by atoms with Gasteiger partial charge in [-0.15, -0.1) is 0 Å². The largest absolute Gasteiger partial charge is 0.337 e. The van der Waals surface area contributed by atoms with Crippen molar-refractivity contribution in [2.45, 2.75) is 57.8 Å². The van der Waals surface area contributed by atoms with E-state index in [1.807, 2.05) is 0 Å². The third kappa shape index (κ3) is 6.20. The van der Waals surface area contributed by atoms with E-state index < -0.39 is 7.60 Å². The number of hydrogen-bond acceptors (Lipinski definition) is 4. The number of rotatable bonds is 5. The minimum absolute atomic E-state index is 0.0386. The van der Waals surface area contributed by atoms with Crippen LogP contribution in [0.2, 0.25) is 0 Å². The van der Waals surface area contributed by atoms with Crippen molar-refractivity contribution in [3.05, 3.63) is 0 Å². The van der Waals surface area contributed by atoms with Gasteiger partial charge in [-0.05, 0) is 12.8 Å². The Hall–Kier alpha value is -0.180. The zero-order chi connectivity index (χ0) is 14.1. The summed E-state index contributed by atoms with van der Waals surface area (Å²) >= 11 is 0. The molecule has 1 saturated carbocycles. The molecule has 0 saturated heterocycles. The van der Waals surface area contributed by atoms with Crippen molar-refractivity contribution in [3.8, 4) is 0 Å². The number of carbonyl (C=O) groups excluding carboxylic acids is 1. The van der Waals surface area contributed by atoms with Crippen molar-refractivity contribution in [1.82, 2.24) is 0 Å². The van der Waals surface area contributed by atoms with Crippen LogP contribution in [0.15, 0.2) is 0 Å². The summed E-state index contributed by atoms with van der Waals surface area (Å²) in [6.45, 7) is 0. The van der Waals surface area contributed by atoms with E-state index in [2.05, 4.69) is 0 Å². The molecule has 1 aliphatic rings. The van der Waals surface area contributed by atoms with Crippen LogP contribution >= 0.6 is 7.60 Å². The normalized spacial score (nSPS) is 20.1. The van der Waals surface area contributed by atoms with E-state index in [0.717, 1.165) is 25.7 Å². The quantitative estimate of drug-likeness (QED) is 0.713. The lowest BCUT2D eigenvalue weighted by molar-refractivity contribution is -0.121. The Bertz CT molecular complexity index is 299. The zero-order valence-corrected chi connectivity index (χ0v) is 13.1. The number of carbonyl (C=O) groups is 1. The highest BCUT2D eigenvalue weighted by Gasteiger charge is 2.29. The zero-order valence-electron chi connectivity index (χ0n) is 12.2. The van der Waals surface area contributed by atoms with Gasteiger partial charge in [-0.3, -0.25) is 9.36 Å². The molecule has 0 spiro atoms. The highest BCUT2D eigenvalue weighted by Crippen LogP contribution is 2.47. The molecule has 19 heavy (non-hydrogen) atoms. The average Bonchev–Trinajstić information content (AvgIpc) is 2.44. The highest BCUT2D eigenvalue weighted by molar-refractivity contribution is 7.54. The smallest absolute Gasteiger partial charge is 0.312 e. The first-order chi connectivity index (χ1) is 9.11. The third-order valence-electron chi connectivity index (χ3n) is 3.97. The van der Waals surface area contributed by atoms with Crippen molar-refractivity contribution in [3.63, 3.8) is 0 Å². The van der Waals surface area contributed by atoms with Gasteiger partial charge >= 0.3 is 7.60 Å². The monoisotopic (exact) mass is 290 g/mol. The topological polar surface area (TPSA) is 52.6 Å². The second-order valence-electron chi connectivity index (χ2n) is 5.35. The fraction of sp³-hybridized carbons (Fsp3) is 0.929. The van der Waals surface area contributed by atoms with E-state index in [9.17, 15) is 9.36 Å². The summed E-state index contributed by atoms with van der Waals surface area (Å²) in [5.41, 5.74) is 0. The molecule has 0 N–H and O–H groups in total. The Morgan fingerprint density at radius 2 is 1.37 bits per heavy atom. The lowest BCUT2D eigenvalue weighted by atomic mass is 9.90. The standard InChI is InChI=1S/C14H27O4P/c1-17-19(16,18-2)12-14(15)13-10-8-6-4-3-5-7-9-11-13/h13H,3-12H2,1-2H3. The van der Waals surface area contributed by atoms with Crippen LogP contribution in [0.4, 0.5) is 0 Å². The van der Waals surface area contributed by atoms with Crippen LogP contribution in [0, 0.1) is 5.92 Å². The average molecular weight is 290 g/mol. The van der Waals surface area contributed by atoms with Gasteiger partial charge in [-0.1, -0.05) is 44.9 Å². The molecule has 0 aromatic rings. The minimum Gasteiger partial charge on any atom is -0.312 e. The molecule has 5 heteroatoms. The molecule has 0 radical (unpaired) electrons. The summed E-state index contributed by atoms with van der Waals surface area (Å²) < 4.78 is 21.7. The number of Topliss-reactive ketones (excluding diaryl/α,β-unsaturated/α-hetero) is 1. The van der Waals surface area contributed by atoms with Gasteiger partial charge in [0.25, 0.3) is 0 Å². The Kier molecular flexibility index (Phi) is 7.89.